The normalized spacial score (nSPS) is 30.7. The van der Waals surface area contributed by atoms with Gasteiger partial charge in [0.1, 0.15) is 0 Å². The summed E-state index contributed by atoms with van der Waals surface area (Å²) in [5.74, 6) is 0.797. The van der Waals surface area contributed by atoms with Gasteiger partial charge in [-0.3, -0.25) is 0 Å². The van der Waals surface area contributed by atoms with Crippen LogP contribution in [0.2, 0.25) is 0 Å². The van der Waals surface area contributed by atoms with E-state index >= 15 is 0 Å². The van der Waals surface area contributed by atoms with E-state index in [1.165, 1.54) is 19.3 Å². The molecule has 2 heteroatoms. The molecule has 0 aromatic carbocycles. The second-order valence-corrected chi connectivity index (χ2v) is 5.03. The van der Waals surface area contributed by atoms with E-state index in [4.69, 9.17) is 5.73 Å². The Kier molecular flexibility index (Phi) is 3.74. The smallest absolute Gasteiger partial charge is 0.0124 e. The van der Waals surface area contributed by atoms with Crippen molar-refractivity contribution in [2.75, 3.05) is 7.05 Å². The molecule has 0 saturated heterocycles. The Hall–Kier alpha value is -0.0800. The van der Waals surface area contributed by atoms with Crippen LogP contribution in [0.1, 0.15) is 40.0 Å². The molecule has 1 saturated carbocycles. The summed E-state index contributed by atoms with van der Waals surface area (Å²) in [6, 6.07) is 1.93. The Bertz CT molecular complexity index is 150. The molecule has 0 radical (unpaired) electrons. The quantitative estimate of drug-likeness (QED) is 0.722. The molecular formula is C11H24N2. The Morgan fingerprint density at radius 3 is 2.23 bits per heavy atom. The van der Waals surface area contributed by atoms with Gasteiger partial charge in [0, 0.05) is 18.1 Å². The SMILES string of the molecule is CC(C)CC(C)N(C)C1CC(N)C1. The van der Waals surface area contributed by atoms with Gasteiger partial charge in [-0.2, -0.15) is 0 Å². The third-order valence-corrected chi connectivity index (χ3v) is 3.23. The molecule has 0 amide bonds. The largest absolute Gasteiger partial charge is 0.328 e. The fourth-order valence-electron chi connectivity index (χ4n) is 2.17. The van der Waals surface area contributed by atoms with Crippen molar-refractivity contribution in [3.63, 3.8) is 0 Å². The number of hydrogen-bond donors (Lipinski definition) is 1. The van der Waals surface area contributed by atoms with Crippen LogP contribution in [-0.4, -0.2) is 30.1 Å². The van der Waals surface area contributed by atoms with Gasteiger partial charge >= 0.3 is 0 Å². The highest BCUT2D eigenvalue weighted by atomic mass is 15.2. The zero-order valence-corrected chi connectivity index (χ0v) is 9.46. The molecule has 78 valence electrons. The molecule has 1 atom stereocenters. The maximum Gasteiger partial charge on any atom is 0.0124 e. The van der Waals surface area contributed by atoms with Crippen LogP contribution in [-0.2, 0) is 0 Å². The van der Waals surface area contributed by atoms with E-state index in [1.807, 2.05) is 0 Å². The zero-order chi connectivity index (χ0) is 10.0. The van der Waals surface area contributed by atoms with E-state index in [2.05, 4.69) is 32.7 Å². The minimum absolute atomic E-state index is 0.471. The lowest BCUT2D eigenvalue weighted by Gasteiger charge is -2.42. The van der Waals surface area contributed by atoms with Gasteiger partial charge in [-0.1, -0.05) is 13.8 Å². The van der Waals surface area contributed by atoms with E-state index in [0.29, 0.717) is 12.1 Å². The standard InChI is InChI=1S/C11H24N2/c1-8(2)5-9(3)13(4)11-6-10(12)7-11/h8-11H,5-7,12H2,1-4H3. The lowest BCUT2D eigenvalue weighted by atomic mass is 9.85. The maximum absolute atomic E-state index is 5.78. The molecule has 2 N–H and O–H groups in total. The first-order valence-electron chi connectivity index (χ1n) is 5.48. The highest BCUT2D eigenvalue weighted by Gasteiger charge is 2.31. The van der Waals surface area contributed by atoms with Crippen LogP contribution in [0.5, 0.6) is 0 Å². The molecule has 0 spiro atoms. The van der Waals surface area contributed by atoms with Gasteiger partial charge in [-0.05, 0) is 39.2 Å². The third kappa shape index (κ3) is 2.96. The first-order chi connectivity index (χ1) is 6.00. The van der Waals surface area contributed by atoms with Crippen LogP contribution >= 0.6 is 0 Å². The second kappa shape index (κ2) is 4.43. The van der Waals surface area contributed by atoms with E-state index in [0.717, 1.165) is 12.0 Å². The van der Waals surface area contributed by atoms with Gasteiger partial charge in [0.25, 0.3) is 0 Å². The highest BCUT2D eigenvalue weighted by Crippen LogP contribution is 2.25. The molecule has 1 fully saturated rings. The summed E-state index contributed by atoms with van der Waals surface area (Å²) in [6.07, 6.45) is 3.68. The van der Waals surface area contributed by atoms with Gasteiger partial charge < -0.3 is 10.6 Å². The van der Waals surface area contributed by atoms with Gasteiger partial charge in [0.2, 0.25) is 0 Å². The minimum atomic E-state index is 0.471. The summed E-state index contributed by atoms with van der Waals surface area (Å²) < 4.78 is 0. The summed E-state index contributed by atoms with van der Waals surface area (Å²) in [6.45, 7) is 6.90. The maximum atomic E-state index is 5.78. The fraction of sp³-hybridized carbons (Fsp3) is 1.00. The first-order valence-corrected chi connectivity index (χ1v) is 5.48. The molecule has 1 aliphatic rings. The van der Waals surface area contributed by atoms with Crippen LogP contribution in [0.25, 0.3) is 0 Å². The van der Waals surface area contributed by atoms with Gasteiger partial charge in [0.05, 0.1) is 0 Å². The Balaban J connectivity index is 2.26. The van der Waals surface area contributed by atoms with Crippen LogP contribution in [0.15, 0.2) is 0 Å². The molecule has 0 heterocycles. The van der Waals surface area contributed by atoms with Crippen LogP contribution in [0.4, 0.5) is 0 Å². The minimum Gasteiger partial charge on any atom is -0.328 e. The van der Waals surface area contributed by atoms with Crippen LogP contribution < -0.4 is 5.73 Å². The third-order valence-electron chi connectivity index (χ3n) is 3.23. The predicted octanol–water partition coefficient (Wildman–Crippen LogP) is 1.84. The summed E-state index contributed by atoms with van der Waals surface area (Å²) in [4.78, 5) is 2.50. The summed E-state index contributed by atoms with van der Waals surface area (Å²) in [7, 11) is 2.24. The van der Waals surface area contributed by atoms with Crippen LogP contribution in [0.3, 0.4) is 0 Å². The number of hydrogen-bond acceptors (Lipinski definition) is 2. The molecule has 1 unspecified atom stereocenters. The van der Waals surface area contributed by atoms with Gasteiger partial charge in [-0.15, -0.1) is 0 Å². The van der Waals surface area contributed by atoms with E-state index < -0.39 is 0 Å². The second-order valence-electron chi connectivity index (χ2n) is 5.03. The van der Waals surface area contributed by atoms with Crippen molar-refractivity contribution >= 4 is 0 Å². The van der Waals surface area contributed by atoms with Crippen molar-refractivity contribution in [3.8, 4) is 0 Å². The molecule has 0 aromatic heterocycles. The molecule has 0 bridgehead atoms. The summed E-state index contributed by atoms with van der Waals surface area (Å²) >= 11 is 0. The molecule has 1 rings (SSSR count). The lowest BCUT2D eigenvalue weighted by molar-refractivity contribution is 0.0923. The number of nitrogens with zero attached hydrogens (tertiary/aromatic N) is 1. The first kappa shape index (κ1) is 11.0. The Morgan fingerprint density at radius 1 is 1.31 bits per heavy atom. The fourth-order valence-corrected chi connectivity index (χ4v) is 2.17. The zero-order valence-electron chi connectivity index (χ0n) is 9.46. The highest BCUT2D eigenvalue weighted by molar-refractivity contribution is 4.90. The van der Waals surface area contributed by atoms with Crippen LogP contribution in [0, 0.1) is 5.92 Å². The van der Waals surface area contributed by atoms with E-state index in [1.54, 1.807) is 0 Å². The van der Waals surface area contributed by atoms with Crippen molar-refractivity contribution < 1.29 is 0 Å². The monoisotopic (exact) mass is 184 g/mol. The Labute approximate surface area is 82.5 Å². The lowest BCUT2D eigenvalue weighted by Crippen LogP contribution is -2.52. The Morgan fingerprint density at radius 2 is 1.85 bits per heavy atom. The topological polar surface area (TPSA) is 29.3 Å². The predicted molar refractivity (Wildman–Crippen MR) is 57.7 cm³/mol. The average molecular weight is 184 g/mol. The van der Waals surface area contributed by atoms with Gasteiger partial charge in [0.15, 0.2) is 0 Å². The van der Waals surface area contributed by atoms with Gasteiger partial charge in [-0.25, -0.2) is 0 Å². The molecule has 0 aliphatic heterocycles. The number of nitrogens with two attached hydrogens (primary N) is 1. The summed E-state index contributed by atoms with van der Waals surface area (Å²) in [5.41, 5.74) is 5.78. The average Bonchev–Trinajstić information content (AvgIpc) is 1.96. The molecule has 13 heavy (non-hydrogen) atoms. The van der Waals surface area contributed by atoms with Crippen molar-refractivity contribution in [2.24, 2.45) is 11.7 Å². The van der Waals surface area contributed by atoms with Crippen molar-refractivity contribution in [1.29, 1.82) is 0 Å². The van der Waals surface area contributed by atoms with Crippen molar-refractivity contribution in [3.05, 3.63) is 0 Å². The van der Waals surface area contributed by atoms with Crippen molar-refractivity contribution in [2.45, 2.75) is 58.2 Å². The van der Waals surface area contributed by atoms with E-state index in [-0.39, 0.29) is 0 Å². The number of rotatable bonds is 4. The van der Waals surface area contributed by atoms with Crippen molar-refractivity contribution in [1.82, 2.24) is 4.90 Å². The summed E-state index contributed by atoms with van der Waals surface area (Å²) in [5, 5.41) is 0. The molecule has 2 nitrogen and oxygen atoms in total. The molecular weight excluding hydrogens is 160 g/mol. The van der Waals surface area contributed by atoms with E-state index in [9.17, 15) is 0 Å². The molecule has 0 aromatic rings. The molecule has 1 aliphatic carbocycles.